The Morgan fingerprint density at radius 2 is 1.10 bits per heavy atom. The molecule has 0 rings (SSSR count). The third kappa shape index (κ3) is 2910. The van der Waals surface area contributed by atoms with Crippen molar-refractivity contribution in [1.82, 2.24) is 0 Å². The van der Waals surface area contributed by atoms with Gasteiger partial charge >= 0.3 is 56.6 Å². The van der Waals surface area contributed by atoms with Crippen molar-refractivity contribution >= 4 is 50.0 Å². The topological polar surface area (TPSA) is 121 Å². The third-order valence-electron chi connectivity index (χ3n) is 0. The largest absolute Gasteiger partial charge is 2.00 e. The van der Waals surface area contributed by atoms with Crippen LogP contribution in [-0.4, -0.2) is 60.3 Å². The van der Waals surface area contributed by atoms with E-state index in [1.807, 2.05) is 0 Å². The minimum atomic E-state index is -2.08. The average Bonchev–Trinajstić information content (AvgIpc) is 1.25. The second kappa shape index (κ2) is 16.2. The van der Waals surface area contributed by atoms with Crippen molar-refractivity contribution in [2.24, 2.45) is 0 Å². The molecule has 0 spiro atoms. The Morgan fingerprint density at radius 1 is 1.10 bits per heavy atom. The van der Waals surface area contributed by atoms with Gasteiger partial charge in [0, 0.05) is 0 Å². The molecule has 0 atom stereocenters. The average molecular weight is 170 g/mol. The van der Waals surface area contributed by atoms with Crippen LogP contribution in [0.5, 0.6) is 0 Å². The molecule has 0 saturated heterocycles. The molecule has 0 aliphatic heterocycles. The van der Waals surface area contributed by atoms with Crippen LogP contribution in [0, 0.1) is 0 Å². The second-order valence-electron chi connectivity index (χ2n) is 0.532. The van der Waals surface area contributed by atoms with Crippen molar-refractivity contribution < 1.29 is 50.3 Å². The van der Waals surface area contributed by atoms with Gasteiger partial charge in [-0.25, -0.2) is 0 Å². The van der Waals surface area contributed by atoms with E-state index in [0.29, 0.717) is 0 Å². The van der Waals surface area contributed by atoms with Gasteiger partial charge in [0.05, 0.1) is 0 Å². The summed E-state index contributed by atoms with van der Waals surface area (Å²) < 4.78 is 0. The van der Waals surface area contributed by atoms with Crippen molar-refractivity contribution in [3.63, 3.8) is 0 Å². The number of carbonyl (C=O) groups is 2. The van der Waals surface area contributed by atoms with Crippen LogP contribution in [0.3, 0.4) is 0 Å². The zero-order chi connectivity index (χ0) is 7.15. The smallest absolute Gasteiger partial charge is 1.00 e. The molecule has 0 saturated carbocycles. The van der Waals surface area contributed by atoms with Crippen LogP contribution in [0.25, 0.3) is 0 Å². The van der Waals surface area contributed by atoms with Crippen LogP contribution in [0.4, 0.5) is 9.59 Å². The number of hydrogen-bond acceptors (Lipinski definition) is 4. The van der Waals surface area contributed by atoms with Gasteiger partial charge in [0.2, 0.25) is 12.3 Å². The van der Waals surface area contributed by atoms with E-state index >= 15 is 0 Å². The fourth-order valence-electron chi connectivity index (χ4n) is 0. The summed E-state index contributed by atoms with van der Waals surface area (Å²) in [7, 11) is 0. The van der Waals surface area contributed by atoms with Crippen LogP contribution in [-0.2, 0) is 0 Å². The Morgan fingerprint density at radius 3 is 1.10 bits per heavy atom. The standard InChI is InChI=1S/2CH2O3.Ca.Li.H/c2*2-1(3)4;;;/h2*(H2,2,3,4);;;/q;;+2;+1;-1/p-2. The summed E-state index contributed by atoms with van der Waals surface area (Å²) in [6.07, 6.45) is -4.17. The number of hydrogen-bond donors (Lipinski definition) is 2. The van der Waals surface area contributed by atoms with E-state index in [1.54, 1.807) is 0 Å². The van der Waals surface area contributed by atoms with Crippen LogP contribution in [0.1, 0.15) is 1.43 Å². The summed E-state index contributed by atoms with van der Waals surface area (Å²) in [6.45, 7) is 0. The maximum Gasteiger partial charge on any atom is 2.00 e. The van der Waals surface area contributed by atoms with Crippen LogP contribution < -0.4 is 29.1 Å². The van der Waals surface area contributed by atoms with Gasteiger partial charge in [-0.1, -0.05) is 0 Å². The van der Waals surface area contributed by atoms with Gasteiger partial charge in [0.25, 0.3) is 0 Å². The molecule has 0 radical (unpaired) electrons. The normalized spacial score (nSPS) is 4.80. The van der Waals surface area contributed by atoms with E-state index in [9.17, 15) is 0 Å². The molecule has 50 valence electrons. The fraction of sp³-hybridized carbons (Fsp3) is 0. The molecule has 10 heavy (non-hydrogen) atoms. The Kier molecular flexibility index (Phi) is 36.3. The molecule has 0 aromatic carbocycles. The molecule has 0 unspecified atom stereocenters. The summed E-state index contributed by atoms with van der Waals surface area (Å²) in [5.41, 5.74) is 0. The van der Waals surface area contributed by atoms with Gasteiger partial charge in [-0.3, -0.25) is 0 Å². The maximum atomic E-state index is 8.44. The number of carboxylic acid groups (broad SMARTS) is 4. The predicted molar refractivity (Wildman–Crippen MR) is 22.9 cm³/mol. The van der Waals surface area contributed by atoms with Gasteiger partial charge in [0.15, 0.2) is 0 Å². The minimum Gasteiger partial charge on any atom is -1.00 e. The SMILES string of the molecule is O=C([O-])O.O=C([O-])O.[Ca+2].[H-].[Li+]. The van der Waals surface area contributed by atoms with Crippen LogP contribution in [0.15, 0.2) is 0 Å². The fourth-order valence-corrected chi connectivity index (χ4v) is 0. The molecular weight excluding hydrogens is 167 g/mol. The van der Waals surface area contributed by atoms with Gasteiger partial charge in [-0.15, -0.1) is 0 Å². The van der Waals surface area contributed by atoms with Crippen LogP contribution in [0.2, 0.25) is 0 Å². The molecule has 6 nitrogen and oxygen atoms in total. The van der Waals surface area contributed by atoms with E-state index in [4.69, 9.17) is 30.0 Å². The molecule has 0 fully saturated rings. The number of rotatable bonds is 0. The van der Waals surface area contributed by atoms with Gasteiger partial charge in [-0.05, 0) is 0 Å². The maximum absolute atomic E-state index is 8.44. The Labute approximate surface area is 99.5 Å². The summed E-state index contributed by atoms with van der Waals surface area (Å²) in [5.74, 6) is 0. The first-order valence-corrected chi connectivity index (χ1v) is 1.26. The van der Waals surface area contributed by atoms with Gasteiger partial charge in [0.1, 0.15) is 0 Å². The van der Waals surface area contributed by atoms with E-state index < -0.39 is 12.3 Å². The molecule has 0 heterocycles. The molecular formula is C2H3CaLiO6. The molecule has 8 heteroatoms. The van der Waals surface area contributed by atoms with Crippen molar-refractivity contribution in [2.45, 2.75) is 0 Å². The van der Waals surface area contributed by atoms with E-state index in [0.717, 1.165) is 0 Å². The zero-order valence-corrected chi connectivity index (χ0v) is 7.44. The molecule has 0 aliphatic rings. The van der Waals surface area contributed by atoms with E-state index in [1.165, 1.54) is 0 Å². The third-order valence-corrected chi connectivity index (χ3v) is 0. The minimum absolute atomic E-state index is 0. The molecule has 0 aliphatic carbocycles. The van der Waals surface area contributed by atoms with Gasteiger partial charge in [-0.2, -0.15) is 0 Å². The second-order valence-corrected chi connectivity index (χ2v) is 0.532. The summed E-state index contributed by atoms with van der Waals surface area (Å²) in [6, 6.07) is 0. The first-order chi connectivity index (χ1) is 3.46. The summed E-state index contributed by atoms with van der Waals surface area (Å²) in [5, 5.41) is 30.6. The van der Waals surface area contributed by atoms with Crippen molar-refractivity contribution in [3.05, 3.63) is 0 Å². The predicted octanol–water partition coefficient (Wildman–Crippen LogP) is -5.49. The molecule has 0 aromatic rings. The zero-order valence-electron chi connectivity index (χ0n) is 6.23. The van der Waals surface area contributed by atoms with Gasteiger partial charge < -0.3 is 31.4 Å². The Bertz CT molecular complexity index is 78.6. The summed E-state index contributed by atoms with van der Waals surface area (Å²) in [4.78, 5) is 16.9. The van der Waals surface area contributed by atoms with Crippen molar-refractivity contribution in [3.8, 4) is 0 Å². The molecule has 2 N–H and O–H groups in total. The molecule has 0 aromatic heterocycles. The van der Waals surface area contributed by atoms with E-state index in [2.05, 4.69) is 0 Å². The first-order valence-electron chi connectivity index (χ1n) is 1.26. The first kappa shape index (κ1) is 22.4. The Balaban J connectivity index is -0.0000000171. The molecule has 0 bridgehead atoms. The quantitative estimate of drug-likeness (QED) is 0.350. The Hall–Kier alpha value is 0.397. The van der Waals surface area contributed by atoms with Crippen molar-refractivity contribution in [2.75, 3.05) is 0 Å². The summed E-state index contributed by atoms with van der Waals surface area (Å²) >= 11 is 0. The molecule has 0 amide bonds. The van der Waals surface area contributed by atoms with Crippen LogP contribution >= 0.6 is 0 Å². The van der Waals surface area contributed by atoms with E-state index in [-0.39, 0.29) is 58.0 Å². The van der Waals surface area contributed by atoms with Crippen molar-refractivity contribution in [1.29, 1.82) is 0 Å². The monoisotopic (exact) mass is 170 g/mol.